The zero-order valence-corrected chi connectivity index (χ0v) is 13.4. The lowest BCUT2D eigenvalue weighted by Gasteiger charge is -2.12. The number of aromatic nitrogens is 1. The Balaban J connectivity index is 1.91. The first-order chi connectivity index (χ1) is 10.6. The second-order valence-electron chi connectivity index (χ2n) is 4.64. The van der Waals surface area contributed by atoms with E-state index in [-0.39, 0.29) is 11.2 Å². The van der Waals surface area contributed by atoms with Crippen molar-refractivity contribution in [3.05, 3.63) is 42.6 Å². The van der Waals surface area contributed by atoms with Crippen LogP contribution < -0.4 is 15.8 Å². The molecule has 2 aromatic rings. The van der Waals surface area contributed by atoms with Crippen LogP contribution in [0.5, 0.6) is 5.75 Å². The number of anilines is 2. The Kier molecular flexibility index (Phi) is 5.66. The Bertz CT molecular complexity index is 614. The molecule has 1 atom stereocenters. The van der Waals surface area contributed by atoms with E-state index < -0.39 is 0 Å². The van der Waals surface area contributed by atoms with E-state index in [1.165, 1.54) is 11.8 Å². The molecule has 5 nitrogen and oxygen atoms in total. The average Bonchev–Trinajstić information content (AvgIpc) is 2.51. The predicted octanol–water partition coefficient (Wildman–Crippen LogP) is 3.18. The Morgan fingerprint density at radius 3 is 2.64 bits per heavy atom. The molecule has 1 amide bonds. The summed E-state index contributed by atoms with van der Waals surface area (Å²) in [6.45, 7) is 4.39. The van der Waals surface area contributed by atoms with E-state index in [0.29, 0.717) is 12.3 Å². The van der Waals surface area contributed by atoms with E-state index in [2.05, 4.69) is 10.3 Å². The lowest BCUT2D eigenvalue weighted by atomic mass is 10.3. The van der Waals surface area contributed by atoms with Crippen LogP contribution in [0.1, 0.15) is 13.8 Å². The minimum Gasteiger partial charge on any atom is -0.494 e. The van der Waals surface area contributed by atoms with Gasteiger partial charge in [-0.15, -0.1) is 0 Å². The minimum absolute atomic E-state index is 0.0761. The van der Waals surface area contributed by atoms with Crippen LogP contribution in [0, 0.1) is 0 Å². The lowest BCUT2D eigenvalue weighted by Crippen LogP contribution is -2.22. The second-order valence-corrected chi connectivity index (χ2v) is 6.00. The molecule has 1 aromatic heterocycles. The number of hydrogen-bond donors (Lipinski definition) is 2. The largest absolute Gasteiger partial charge is 0.494 e. The number of thioether (sulfide) groups is 1. The van der Waals surface area contributed by atoms with Gasteiger partial charge in [0.25, 0.3) is 0 Å². The number of nitrogens with one attached hydrogen (secondary N) is 1. The van der Waals surface area contributed by atoms with E-state index in [0.717, 1.165) is 16.5 Å². The van der Waals surface area contributed by atoms with Crippen LogP contribution in [0.25, 0.3) is 0 Å². The van der Waals surface area contributed by atoms with Gasteiger partial charge >= 0.3 is 0 Å². The van der Waals surface area contributed by atoms with Gasteiger partial charge in [-0.25, -0.2) is 4.98 Å². The first-order valence-corrected chi connectivity index (χ1v) is 7.88. The van der Waals surface area contributed by atoms with Crippen molar-refractivity contribution in [3.63, 3.8) is 0 Å². The zero-order valence-electron chi connectivity index (χ0n) is 12.6. The highest BCUT2D eigenvalue weighted by molar-refractivity contribution is 8.00. The molecular formula is C16H19N3O2S. The number of pyridine rings is 1. The lowest BCUT2D eigenvalue weighted by molar-refractivity contribution is -0.115. The fourth-order valence-electron chi connectivity index (χ4n) is 1.74. The van der Waals surface area contributed by atoms with Crippen molar-refractivity contribution < 1.29 is 9.53 Å². The maximum Gasteiger partial charge on any atom is 0.237 e. The first-order valence-electron chi connectivity index (χ1n) is 7.00. The van der Waals surface area contributed by atoms with Crippen LogP contribution in [-0.2, 0) is 4.79 Å². The molecule has 0 fully saturated rings. The summed E-state index contributed by atoms with van der Waals surface area (Å²) in [5.74, 6) is 0.710. The third-order valence-corrected chi connectivity index (χ3v) is 3.91. The number of benzene rings is 1. The molecule has 0 saturated carbocycles. The second kappa shape index (κ2) is 7.70. The molecular weight excluding hydrogens is 298 g/mol. The van der Waals surface area contributed by atoms with Gasteiger partial charge in [-0.05, 0) is 50.2 Å². The molecule has 1 unspecified atom stereocenters. The third-order valence-electron chi connectivity index (χ3n) is 2.86. The van der Waals surface area contributed by atoms with Gasteiger partial charge in [0.2, 0.25) is 5.91 Å². The summed E-state index contributed by atoms with van der Waals surface area (Å²) < 4.78 is 5.37. The Morgan fingerprint density at radius 2 is 2.05 bits per heavy atom. The molecule has 0 bridgehead atoms. The van der Waals surface area contributed by atoms with Gasteiger partial charge in [0.1, 0.15) is 5.75 Å². The van der Waals surface area contributed by atoms with Crippen LogP contribution in [0.2, 0.25) is 0 Å². The van der Waals surface area contributed by atoms with E-state index in [9.17, 15) is 4.79 Å². The molecule has 2 rings (SSSR count). The van der Waals surface area contributed by atoms with E-state index in [4.69, 9.17) is 10.5 Å². The molecule has 0 spiro atoms. The highest BCUT2D eigenvalue weighted by Crippen LogP contribution is 2.23. The average molecular weight is 317 g/mol. The van der Waals surface area contributed by atoms with Crippen molar-refractivity contribution >= 4 is 29.0 Å². The summed E-state index contributed by atoms with van der Waals surface area (Å²) in [5.41, 5.74) is 6.94. The number of hydrogen-bond acceptors (Lipinski definition) is 5. The van der Waals surface area contributed by atoms with Gasteiger partial charge in [0, 0.05) is 5.69 Å². The van der Waals surface area contributed by atoms with E-state index in [1.54, 1.807) is 18.3 Å². The number of ether oxygens (including phenoxy) is 1. The van der Waals surface area contributed by atoms with Crippen molar-refractivity contribution in [2.75, 3.05) is 17.7 Å². The van der Waals surface area contributed by atoms with Gasteiger partial charge in [-0.3, -0.25) is 4.79 Å². The standard InChI is InChI=1S/C16H19N3O2S/c1-3-21-14-7-5-13(6-8-14)19-16(20)11(2)22-15-9-4-12(17)10-18-15/h4-11H,3,17H2,1-2H3,(H,19,20). The summed E-state index contributed by atoms with van der Waals surface area (Å²) in [6, 6.07) is 10.9. The fourth-order valence-corrected chi connectivity index (χ4v) is 2.53. The molecule has 116 valence electrons. The number of carbonyl (C=O) groups excluding carboxylic acids is 1. The maximum absolute atomic E-state index is 12.2. The van der Waals surface area contributed by atoms with E-state index >= 15 is 0 Å². The van der Waals surface area contributed by atoms with Gasteiger partial charge in [0.15, 0.2) is 0 Å². The van der Waals surface area contributed by atoms with Crippen LogP contribution >= 0.6 is 11.8 Å². The number of rotatable bonds is 6. The molecule has 6 heteroatoms. The topological polar surface area (TPSA) is 77.2 Å². The minimum atomic E-state index is -0.261. The molecule has 22 heavy (non-hydrogen) atoms. The van der Waals surface area contributed by atoms with Crippen molar-refractivity contribution in [2.24, 2.45) is 0 Å². The van der Waals surface area contributed by atoms with Crippen molar-refractivity contribution in [1.29, 1.82) is 0 Å². The summed E-state index contributed by atoms with van der Waals surface area (Å²) in [6.07, 6.45) is 1.58. The van der Waals surface area contributed by atoms with Gasteiger partial charge in [-0.2, -0.15) is 0 Å². The monoisotopic (exact) mass is 317 g/mol. The molecule has 0 radical (unpaired) electrons. The summed E-state index contributed by atoms with van der Waals surface area (Å²) in [7, 11) is 0. The predicted molar refractivity (Wildman–Crippen MR) is 90.2 cm³/mol. The number of nitrogen functional groups attached to an aromatic ring is 1. The Labute approximate surface area is 134 Å². The number of nitrogens with zero attached hydrogens (tertiary/aromatic N) is 1. The molecule has 0 aliphatic rings. The number of amides is 1. The number of nitrogens with two attached hydrogens (primary N) is 1. The Morgan fingerprint density at radius 1 is 1.32 bits per heavy atom. The molecule has 1 heterocycles. The van der Waals surface area contributed by atoms with Crippen molar-refractivity contribution in [1.82, 2.24) is 4.98 Å². The molecule has 0 saturated heterocycles. The van der Waals surface area contributed by atoms with Crippen molar-refractivity contribution in [3.8, 4) is 5.75 Å². The van der Waals surface area contributed by atoms with E-state index in [1.807, 2.05) is 38.1 Å². The van der Waals surface area contributed by atoms with Gasteiger partial charge in [-0.1, -0.05) is 11.8 Å². The number of carbonyl (C=O) groups is 1. The fraction of sp³-hybridized carbons (Fsp3) is 0.250. The van der Waals surface area contributed by atoms with Gasteiger partial charge < -0.3 is 15.8 Å². The maximum atomic E-state index is 12.2. The van der Waals surface area contributed by atoms with Gasteiger partial charge in [0.05, 0.1) is 28.8 Å². The molecule has 0 aliphatic heterocycles. The van der Waals surface area contributed by atoms with Crippen LogP contribution in [0.15, 0.2) is 47.6 Å². The SMILES string of the molecule is CCOc1ccc(NC(=O)C(C)Sc2ccc(N)cn2)cc1. The van der Waals surface area contributed by atoms with Crippen LogP contribution in [0.3, 0.4) is 0 Å². The summed E-state index contributed by atoms with van der Waals surface area (Å²) in [5, 5.41) is 3.38. The van der Waals surface area contributed by atoms with Crippen molar-refractivity contribution in [2.45, 2.75) is 24.1 Å². The van der Waals surface area contributed by atoms with Crippen LogP contribution in [-0.4, -0.2) is 22.7 Å². The quantitative estimate of drug-likeness (QED) is 0.800. The smallest absolute Gasteiger partial charge is 0.237 e. The third kappa shape index (κ3) is 4.66. The highest BCUT2D eigenvalue weighted by Gasteiger charge is 2.15. The zero-order chi connectivity index (χ0) is 15.9. The first kappa shape index (κ1) is 16.2. The molecule has 1 aromatic carbocycles. The normalized spacial score (nSPS) is 11.7. The van der Waals surface area contributed by atoms with Crippen LogP contribution in [0.4, 0.5) is 11.4 Å². The summed E-state index contributed by atoms with van der Waals surface area (Å²) in [4.78, 5) is 16.4. The molecule has 3 N–H and O–H groups in total. The molecule has 0 aliphatic carbocycles. The summed E-state index contributed by atoms with van der Waals surface area (Å²) >= 11 is 1.39. The Hall–Kier alpha value is -2.21. The highest BCUT2D eigenvalue weighted by atomic mass is 32.2.